The lowest BCUT2D eigenvalue weighted by Crippen LogP contribution is -2.26. The highest BCUT2D eigenvalue weighted by molar-refractivity contribution is 5.94. The number of anilines is 1. The molecule has 2 atom stereocenters. The van der Waals surface area contributed by atoms with Crippen LogP contribution in [-0.2, 0) is 14.3 Å². The Labute approximate surface area is 117 Å². The molecule has 0 aromatic heterocycles. The van der Waals surface area contributed by atoms with E-state index >= 15 is 0 Å². The maximum atomic E-state index is 11.9. The van der Waals surface area contributed by atoms with Crippen LogP contribution in [0.5, 0.6) is 0 Å². The molecule has 0 bridgehead atoms. The third-order valence-electron chi connectivity index (χ3n) is 3.45. The van der Waals surface area contributed by atoms with Crippen molar-refractivity contribution >= 4 is 17.6 Å². The fourth-order valence-corrected chi connectivity index (χ4v) is 2.28. The topological polar surface area (TPSA) is 75.6 Å². The monoisotopic (exact) mass is 277 g/mol. The number of hydrogen-bond donors (Lipinski definition) is 2. The maximum absolute atomic E-state index is 11.9. The van der Waals surface area contributed by atoms with Crippen LogP contribution in [0.1, 0.15) is 37.7 Å². The molecule has 1 aromatic carbocycles. The SMILES string of the molecule is CC(CC(=O)O)c1ccc(NC(=O)C2CCCO2)cc1. The van der Waals surface area contributed by atoms with Crippen LogP contribution in [0.4, 0.5) is 5.69 Å². The van der Waals surface area contributed by atoms with Crippen LogP contribution in [0.3, 0.4) is 0 Å². The van der Waals surface area contributed by atoms with Crippen molar-refractivity contribution in [2.75, 3.05) is 11.9 Å². The Bertz CT molecular complexity index is 477. The zero-order chi connectivity index (χ0) is 14.5. The van der Waals surface area contributed by atoms with Crippen LogP contribution in [-0.4, -0.2) is 29.7 Å². The predicted molar refractivity (Wildman–Crippen MR) is 74.7 cm³/mol. The Hall–Kier alpha value is -1.88. The first kappa shape index (κ1) is 14.5. The van der Waals surface area contributed by atoms with Crippen molar-refractivity contribution in [3.63, 3.8) is 0 Å². The number of amides is 1. The van der Waals surface area contributed by atoms with Crippen LogP contribution in [0.15, 0.2) is 24.3 Å². The van der Waals surface area contributed by atoms with Crippen LogP contribution < -0.4 is 5.32 Å². The standard InChI is InChI=1S/C15H19NO4/c1-10(9-14(17)18)11-4-6-12(7-5-11)16-15(19)13-3-2-8-20-13/h4-7,10,13H,2-3,8-9H2,1H3,(H,16,19)(H,17,18). The number of carboxylic acids is 1. The highest BCUT2D eigenvalue weighted by Crippen LogP contribution is 2.21. The molecule has 5 heteroatoms. The molecule has 0 radical (unpaired) electrons. The highest BCUT2D eigenvalue weighted by Gasteiger charge is 2.23. The van der Waals surface area contributed by atoms with Crippen molar-refractivity contribution < 1.29 is 19.4 Å². The number of carbonyl (C=O) groups is 2. The second kappa shape index (κ2) is 6.52. The van der Waals surface area contributed by atoms with Gasteiger partial charge >= 0.3 is 5.97 Å². The Balaban J connectivity index is 1.94. The molecule has 108 valence electrons. The van der Waals surface area contributed by atoms with Gasteiger partial charge in [0, 0.05) is 12.3 Å². The number of hydrogen-bond acceptors (Lipinski definition) is 3. The molecule has 20 heavy (non-hydrogen) atoms. The second-order valence-electron chi connectivity index (χ2n) is 5.11. The molecule has 1 fully saturated rings. The minimum atomic E-state index is -0.812. The quantitative estimate of drug-likeness (QED) is 0.866. The molecule has 2 N–H and O–H groups in total. The van der Waals surface area contributed by atoms with E-state index in [0.29, 0.717) is 12.3 Å². The van der Waals surface area contributed by atoms with Gasteiger partial charge in [0.2, 0.25) is 0 Å². The first-order valence-electron chi connectivity index (χ1n) is 6.80. The van der Waals surface area contributed by atoms with Gasteiger partial charge in [0.15, 0.2) is 0 Å². The normalized spacial score (nSPS) is 19.6. The number of carbonyl (C=O) groups excluding carboxylic acids is 1. The van der Waals surface area contributed by atoms with Crippen LogP contribution in [0.25, 0.3) is 0 Å². The number of rotatable bonds is 5. The molecule has 1 aliphatic rings. The molecule has 2 rings (SSSR count). The third-order valence-corrected chi connectivity index (χ3v) is 3.45. The second-order valence-corrected chi connectivity index (χ2v) is 5.11. The number of carboxylic acid groups (broad SMARTS) is 1. The molecule has 0 spiro atoms. The van der Waals surface area contributed by atoms with Gasteiger partial charge in [-0.05, 0) is 36.5 Å². The molecule has 1 aliphatic heterocycles. The Kier molecular flexibility index (Phi) is 4.74. The van der Waals surface area contributed by atoms with Gasteiger partial charge in [0.1, 0.15) is 6.10 Å². The Morgan fingerprint density at radius 2 is 2.10 bits per heavy atom. The van der Waals surface area contributed by atoms with E-state index in [2.05, 4.69) is 5.32 Å². The number of benzene rings is 1. The molecule has 0 aliphatic carbocycles. The van der Waals surface area contributed by atoms with E-state index in [1.807, 2.05) is 19.1 Å². The summed E-state index contributed by atoms with van der Waals surface area (Å²) in [5.74, 6) is -0.975. The average molecular weight is 277 g/mol. The van der Waals surface area contributed by atoms with Gasteiger partial charge in [-0.1, -0.05) is 19.1 Å². The van der Waals surface area contributed by atoms with Crippen molar-refractivity contribution in [1.82, 2.24) is 0 Å². The molecule has 5 nitrogen and oxygen atoms in total. The maximum Gasteiger partial charge on any atom is 0.303 e. The first-order chi connectivity index (χ1) is 9.56. The van der Waals surface area contributed by atoms with E-state index in [9.17, 15) is 9.59 Å². The molecular formula is C15H19NO4. The van der Waals surface area contributed by atoms with Crippen molar-refractivity contribution in [2.45, 2.75) is 38.2 Å². The molecule has 1 amide bonds. The first-order valence-corrected chi connectivity index (χ1v) is 6.80. The van der Waals surface area contributed by atoms with E-state index < -0.39 is 5.97 Å². The molecule has 1 heterocycles. The van der Waals surface area contributed by atoms with Gasteiger partial charge in [-0.25, -0.2) is 0 Å². The summed E-state index contributed by atoms with van der Waals surface area (Å²) in [5, 5.41) is 11.6. The van der Waals surface area contributed by atoms with Crippen molar-refractivity contribution in [3.05, 3.63) is 29.8 Å². The Morgan fingerprint density at radius 1 is 1.40 bits per heavy atom. The van der Waals surface area contributed by atoms with Gasteiger partial charge < -0.3 is 15.2 Å². The fraction of sp³-hybridized carbons (Fsp3) is 0.467. The summed E-state index contributed by atoms with van der Waals surface area (Å²) >= 11 is 0. The smallest absolute Gasteiger partial charge is 0.303 e. The number of ether oxygens (including phenoxy) is 1. The molecular weight excluding hydrogens is 258 g/mol. The third kappa shape index (κ3) is 3.81. The van der Waals surface area contributed by atoms with Gasteiger partial charge in [-0.2, -0.15) is 0 Å². The Morgan fingerprint density at radius 3 is 2.65 bits per heavy atom. The lowest BCUT2D eigenvalue weighted by molar-refractivity contribution is -0.137. The summed E-state index contributed by atoms with van der Waals surface area (Å²) in [7, 11) is 0. The zero-order valence-electron chi connectivity index (χ0n) is 11.5. The van der Waals surface area contributed by atoms with Crippen molar-refractivity contribution in [3.8, 4) is 0 Å². The van der Waals surface area contributed by atoms with E-state index in [4.69, 9.17) is 9.84 Å². The summed E-state index contributed by atoms with van der Waals surface area (Å²) < 4.78 is 5.32. The summed E-state index contributed by atoms with van der Waals surface area (Å²) in [6.45, 7) is 2.51. The van der Waals surface area contributed by atoms with Crippen molar-refractivity contribution in [2.24, 2.45) is 0 Å². The minimum Gasteiger partial charge on any atom is -0.481 e. The van der Waals surface area contributed by atoms with E-state index in [-0.39, 0.29) is 24.3 Å². The van der Waals surface area contributed by atoms with E-state index in [1.54, 1.807) is 12.1 Å². The molecule has 0 saturated carbocycles. The zero-order valence-corrected chi connectivity index (χ0v) is 11.5. The van der Waals surface area contributed by atoms with Gasteiger partial charge in [0.25, 0.3) is 5.91 Å². The summed E-state index contributed by atoms with van der Waals surface area (Å²) in [6, 6.07) is 7.28. The van der Waals surface area contributed by atoms with Gasteiger partial charge in [-0.15, -0.1) is 0 Å². The summed E-state index contributed by atoms with van der Waals surface area (Å²) in [4.78, 5) is 22.5. The molecule has 1 aromatic rings. The van der Waals surface area contributed by atoms with Crippen LogP contribution >= 0.6 is 0 Å². The minimum absolute atomic E-state index is 0.0459. The lowest BCUT2D eigenvalue weighted by atomic mass is 9.98. The highest BCUT2D eigenvalue weighted by atomic mass is 16.5. The van der Waals surface area contributed by atoms with E-state index in [0.717, 1.165) is 18.4 Å². The average Bonchev–Trinajstić information content (AvgIpc) is 2.92. The summed E-state index contributed by atoms with van der Waals surface area (Å²) in [6.07, 6.45) is 1.44. The molecule has 2 unspecified atom stereocenters. The van der Waals surface area contributed by atoms with Crippen LogP contribution in [0, 0.1) is 0 Å². The van der Waals surface area contributed by atoms with E-state index in [1.165, 1.54) is 0 Å². The number of nitrogens with one attached hydrogen (secondary N) is 1. The van der Waals surface area contributed by atoms with Crippen molar-refractivity contribution in [1.29, 1.82) is 0 Å². The predicted octanol–water partition coefficient (Wildman–Crippen LogP) is 2.38. The lowest BCUT2D eigenvalue weighted by Gasteiger charge is -2.12. The fourth-order valence-electron chi connectivity index (χ4n) is 2.28. The van der Waals surface area contributed by atoms with Crippen LogP contribution in [0.2, 0.25) is 0 Å². The summed E-state index contributed by atoms with van der Waals surface area (Å²) in [5.41, 5.74) is 1.65. The number of aliphatic carboxylic acids is 1. The molecule has 1 saturated heterocycles. The van der Waals surface area contributed by atoms with Gasteiger partial charge in [-0.3, -0.25) is 9.59 Å². The largest absolute Gasteiger partial charge is 0.481 e. The van der Waals surface area contributed by atoms with Gasteiger partial charge in [0.05, 0.1) is 6.42 Å².